The van der Waals surface area contributed by atoms with Crippen molar-refractivity contribution in [3.05, 3.63) is 105 Å². The van der Waals surface area contributed by atoms with Crippen LogP contribution in [0.5, 0.6) is 5.75 Å². The van der Waals surface area contributed by atoms with Crippen LogP contribution in [0.25, 0.3) is 6.08 Å². The van der Waals surface area contributed by atoms with Crippen molar-refractivity contribution in [1.29, 1.82) is 0 Å². The van der Waals surface area contributed by atoms with E-state index in [9.17, 15) is 24.5 Å². The number of non-ortho nitro benzene ring substituents is 1. The Morgan fingerprint density at radius 2 is 1.57 bits per heavy atom. The van der Waals surface area contributed by atoms with Gasteiger partial charge in [0.15, 0.2) is 0 Å². The number of nitro groups is 1. The van der Waals surface area contributed by atoms with Crippen LogP contribution in [0.3, 0.4) is 0 Å². The first-order chi connectivity index (χ1) is 16.8. The average Bonchev–Trinajstić information content (AvgIpc) is 2.88. The molecular weight excluding hydrogens is 454 g/mol. The molecule has 3 rings (SSSR count). The Hall–Kier alpha value is -4.99. The van der Waals surface area contributed by atoms with E-state index in [1.165, 1.54) is 68.8 Å². The maximum atomic E-state index is 13.1. The highest BCUT2D eigenvalue weighted by Gasteiger charge is 2.18. The van der Waals surface area contributed by atoms with E-state index in [-0.39, 0.29) is 16.9 Å². The molecule has 0 aliphatic carbocycles. The fraction of sp³-hybridized carbons (Fsp3) is 0.0800. The van der Waals surface area contributed by atoms with Crippen LogP contribution >= 0.6 is 0 Å². The molecular formula is C25H21N3O7. The molecule has 10 nitrogen and oxygen atoms in total. The third-order valence-corrected chi connectivity index (χ3v) is 4.82. The zero-order chi connectivity index (χ0) is 25.4. The van der Waals surface area contributed by atoms with Crippen LogP contribution in [-0.4, -0.2) is 36.9 Å². The summed E-state index contributed by atoms with van der Waals surface area (Å²) < 4.78 is 9.87. The number of methoxy groups -OCH3 is 2. The Morgan fingerprint density at radius 1 is 0.914 bits per heavy atom. The summed E-state index contributed by atoms with van der Waals surface area (Å²) in [6.45, 7) is 0. The minimum atomic E-state index is -0.655. The normalized spacial score (nSPS) is 10.7. The number of para-hydroxylation sites is 1. The van der Waals surface area contributed by atoms with Gasteiger partial charge in [0.25, 0.3) is 17.5 Å². The Morgan fingerprint density at radius 3 is 2.17 bits per heavy atom. The number of hydrogen-bond donors (Lipinski definition) is 2. The van der Waals surface area contributed by atoms with Gasteiger partial charge in [-0.3, -0.25) is 19.7 Å². The van der Waals surface area contributed by atoms with Gasteiger partial charge in [-0.05, 0) is 60.2 Å². The monoisotopic (exact) mass is 475 g/mol. The van der Waals surface area contributed by atoms with Crippen molar-refractivity contribution in [3.63, 3.8) is 0 Å². The van der Waals surface area contributed by atoms with Gasteiger partial charge in [0.05, 0.1) is 30.3 Å². The van der Waals surface area contributed by atoms with E-state index >= 15 is 0 Å². The van der Waals surface area contributed by atoms with Crippen LogP contribution in [0.15, 0.2) is 78.5 Å². The van der Waals surface area contributed by atoms with E-state index in [2.05, 4.69) is 15.4 Å². The SMILES string of the molecule is COC(=O)c1ccc(NC(=O)C(=Cc2ccc([N+](=O)[O-])cc2)NC(=O)c2ccccc2OC)cc1. The van der Waals surface area contributed by atoms with E-state index in [1.807, 2.05) is 0 Å². The Labute approximate surface area is 200 Å². The number of ether oxygens (including phenoxy) is 2. The first-order valence-corrected chi connectivity index (χ1v) is 10.2. The zero-order valence-corrected chi connectivity index (χ0v) is 18.8. The number of nitrogens with zero attached hydrogens (tertiary/aromatic N) is 1. The number of benzene rings is 3. The van der Waals surface area contributed by atoms with Crippen LogP contribution in [-0.2, 0) is 9.53 Å². The minimum absolute atomic E-state index is 0.114. The Balaban J connectivity index is 1.90. The van der Waals surface area contributed by atoms with Gasteiger partial charge in [-0.25, -0.2) is 4.79 Å². The maximum Gasteiger partial charge on any atom is 0.337 e. The molecule has 0 heterocycles. The third-order valence-electron chi connectivity index (χ3n) is 4.82. The minimum Gasteiger partial charge on any atom is -0.496 e. The van der Waals surface area contributed by atoms with Gasteiger partial charge in [0.2, 0.25) is 0 Å². The molecule has 0 saturated heterocycles. The van der Waals surface area contributed by atoms with Crippen LogP contribution in [0.2, 0.25) is 0 Å². The molecule has 35 heavy (non-hydrogen) atoms. The fourth-order valence-corrected chi connectivity index (χ4v) is 3.05. The summed E-state index contributed by atoms with van der Waals surface area (Å²) in [5.74, 6) is -1.45. The van der Waals surface area contributed by atoms with E-state index in [1.54, 1.807) is 24.3 Å². The third kappa shape index (κ3) is 6.29. The fourth-order valence-electron chi connectivity index (χ4n) is 3.05. The van der Waals surface area contributed by atoms with Gasteiger partial charge in [-0.15, -0.1) is 0 Å². The first-order valence-electron chi connectivity index (χ1n) is 10.2. The molecule has 0 aromatic heterocycles. The molecule has 10 heteroatoms. The highest BCUT2D eigenvalue weighted by atomic mass is 16.6. The van der Waals surface area contributed by atoms with Gasteiger partial charge >= 0.3 is 5.97 Å². The average molecular weight is 475 g/mol. The summed E-state index contributed by atoms with van der Waals surface area (Å²) >= 11 is 0. The molecule has 3 aromatic carbocycles. The van der Waals surface area contributed by atoms with Crippen LogP contribution < -0.4 is 15.4 Å². The molecule has 0 spiro atoms. The summed E-state index contributed by atoms with van der Waals surface area (Å²) in [7, 11) is 2.68. The van der Waals surface area contributed by atoms with E-state index in [0.29, 0.717) is 22.6 Å². The molecule has 2 N–H and O–H groups in total. The Kier molecular flexibility index (Phi) is 7.91. The summed E-state index contributed by atoms with van der Waals surface area (Å²) in [6, 6.07) is 18.0. The topological polar surface area (TPSA) is 137 Å². The van der Waals surface area contributed by atoms with Gasteiger partial charge in [-0.2, -0.15) is 0 Å². The van der Waals surface area contributed by atoms with E-state index in [0.717, 1.165) is 0 Å². The molecule has 178 valence electrons. The molecule has 0 unspecified atom stereocenters. The maximum absolute atomic E-state index is 13.1. The molecule has 0 aliphatic rings. The van der Waals surface area contributed by atoms with Crippen LogP contribution in [0, 0.1) is 10.1 Å². The number of nitro benzene ring substituents is 1. The van der Waals surface area contributed by atoms with Crippen molar-refractivity contribution in [3.8, 4) is 5.75 Å². The van der Waals surface area contributed by atoms with Crippen molar-refractivity contribution < 1.29 is 28.8 Å². The number of carbonyl (C=O) groups excluding carboxylic acids is 3. The van der Waals surface area contributed by atoms with Crippen molar-refractivity contribution in [2.75, 3.05) is 19.5 Å². The lowest BCUT2D eigenvalue weighted by Gasteiger charge is -2.13. The molecule has 2 amide bonds. The molecule has 0 fully saturated rings. The lowest BCUT2D eigenvalue weighted by molar-refractivity contribution is -0.384. The number of rotatable bonds is 8. The van der Waals surface area contributed by atoms with Gasteiger partial charge in [0, 0.05) is 17.8 Å². The molecule has 0 saturated carbocycles. The van der Waals surface area contributed by atoms with Crippen molar-refractivity contribution in [2.45, 2.75) is 0 Å². The second kappa shape index (κ2) is 11.2. The number of anilines is 1. The van der Waals surface area contributed by atoms with E-state index in [4.69, 9.17) is 4.74 Å². The van der Waals surface area contributed by atoms with Gasteiger partial charge in [0.1, 0.15) is 11.4 Å². The second-order valence-electron chi connectivity index (χ2n) is 7.08. The van der Waals surface area contributed by atoms with Gasteiger partial charge in [-0.1, -0.05) is 12.1 Å². The van der Waals surface area contributed by atoms with Gasteiger partial charge < -0.3 is 20.1 Å². The van der Waals surface area contributed by atoms with Crippen LogP contribution in [0.1, 0.15) is 26.3 Å². The summed E-state index contributed by atoms with van der Waals surface area (Å²) in [4.78, 5) is 48.0. The molecule has 0 bridgehead atoms. The standard InChI is InChI=1S/C25H21N3O7/c1-34-22-6-4-3-5-20(22)23(29)27-21(15-16-7-13-19(14-8-16)28(32)33)24(30)26-18-11-9-17(10-12-18)25(31)35-2/h3-15H,1-2H3,(H,26,30)(H,27,29). The van der Waals surface area contributed by atoms with Crippen molar-refractivity contribution in [2.24, 2.45) is 0 Å². The smallest absolute Gasteiger partial charge is 0.337 e. The lowest BCUT2D eigenvalue weighted by Crippen LogP contribution is -2.31. The summed E-state index contributed by atoms with van der Waals surface area (Å²) in [5.41, 5.74) is 1.09. The Bertz CT molecular complexity index is 1280. The van der Waals surface area contributed by atoms with Crippen LogP contribution in [0.4, 0.5) is 11.4 Å². The lowest BCUT2D eigenvalue weighted by atomic mass is 10.1. The molecule has 0 atom stereocenters. The van der Waals surface area contributed by atoms with Crippen molar-refractivity contribution >= 4 is 35.2 Å². The number of hydrogen-bond acceptors (Lipinski definition) is 7. The van der Waals surface area contributed by atoms with E-state index < -0.39 is 22.7 Å². The first kappa shape index (κ1) is 24.6. The number of carbonyl (C=O) groups is 3. The second-order valence-corrected chi connectivity index (χ2v) is 7.08. The summed E-state index contributed by atoms with van der Waals surface area (Å²) in [6.07, 6.45) is 1.38. The van der Waals surface area contributed by atoms with Crippen molar-refractivity contribution in [1.82, 2.24) is 5.32 Å². The highest BCUT2D eigenvalue weighted by molar-refractivity contribution is 6.11. The number of amides is 2. The molecule has 0 radical (unpaired) electrons. The predicted molar refractivity (Wildman–Crippen MR) is 128 cm³/mol. The largest absolute Gasteiger partial charge is 0.496 e. The predicted octanol–water partition coefficient (Wildman–Crippen LogP) is 3.80. The number of nitrogens with one attached hydrogen (secondary N) is 2. The highest BCUT2D eigenvalue weighted by Crippen LogP contribution is 2.19. The number of esters is 1. The zero-order valence-electron chi connectivity index (χ0n) is 18.8. The summed E-state index contributed by atoms with van der Waals surface area (Å²) in [5, 5.41) is 16.1. The quantitative estimate of drug-likeness (QED) is 0.219. The molecule has 0 aliphatic heterocycles. The molecule has 3 aromatic rings.